The Balaban J connectivity index is 2.04. The third kappa shape index (κ3) is 3.64. The van der Waals surface area contributed by atoms with Crippen LogP contribution in [-0.4, -0.2) is 34.5 Å². The summed E-state index contributed by atoms with van der Waals surface area (Å²) < 4.78 is 13.8. The van der Waals surface area contributed by atoms with Crippen LogP contribution in [-0.2, 0) is 9.59 Å². The molecule has 1 N–H and O–H groups in total. The Morgan fingerprint density at radius 2 is 2.05 bits per heavy atom. The van der Waals surface area contributed by atoms with Crippen LogP contribution in [0.25, 0.3) is 0 Å². The molecule has 1 saturated heterocycles. The van der Waals surface area contributed by atoms with Crippen molar-refractivity contribution in [1.82, 2.24) is 4.90 Å². The highest BCUT2D eigenvalue weighted by Crippen LogP contribution is 2.27. The molecule has 22 heavy (non-hydrogen) atoms. The summed E-state index contributed by atoms with van der Waals surface area (Å²) in [6.45, 7) is 4.00. The lowest BCUT2D eigenvalue weighted by Crippen LogP contribution is -2.47. The standard InChI is InChI=1S/C17H22FNO3/c1-11(14-5-3-4-6-15(14)18)9-16(20)19-10-13(17(21)22)8-7-12(19)2/h3-6,11-13H,7-10H2,1-2H3,(H,21,22). The lowest BCUT2D eigenvalue weighted by Gasteiger charge is -2.37. The lowest BCUT2D eigenvalue weighted by atomic mass is 9.91. The van der Waals surface area contributed by atoms with E-state index in [0.29, 0.717) is 18.4 Å². The molecule has 1 aliphatic heterocycles. The fourth-order valence-corrected chi connectivity index (χ4v) is 3.02. The molecule has 5 heteroatoms. The smallest absolute Gasteiger partial charge is 0.308 e. The zero-order valence-electron chi connectivity index (χ0n) is 13.0. The number of halogens is 1. The molecule has 1 aromatic carbocycles. The Hall–Kier alpha value is -1.91. The van der Waals surface area contributed by atoms with E-state index in [9.17, 15) is 14.0 Å². The third-order valence-electron chi connectivity index (χ3n) is 4.47. The molecule has 3 unspecified atom stereocenters. The summed E-state index contributed by atoms with van der Waals surface area (Å²) >= 11 is 0. The molecular formula is C17H22FNO3. The molecule has 1 amide bonds. The van der Waals surface area contributed by atoms with Gasteiger partial charge in [-0.05, 0) is 37.3 Å². The second kappa shape index (κ2) is 6.90. The van der Waals surface area contributed by atoms with Gasteiger partial charge in [-0.25, -0.2) is 4.39 Å². The van der Waals surface area contributed by atoms with E-state index in [1.807, 2.05) is 13.8 Å². The summed E-state index contributed by atoms with van der Waals surface area (Å²) in [5.74, 6) is -1.99. The van der Waals surface area contributed by atoms with E-state index in [1.165, 1.54) is 6.07 Å². The number of nitrogens with zero attached hydrogens (tertiary/aromatic N) is 1. The summed E-state index contributed by atoms with van der Waals surface area (Å²) in [5, 5.41) is 9.13. The second-order valence-corrected chi connectivity index (χ2v) is 6.13. The van der Waals surface area contributed by atoms with Crippen molar-refractivity contribution >= 4 is 11.9 Å². The summed E-state index contributed by atoms with van der Waals surface area (Å²) in [6.07, 6.45) is 1.48. The van der Waals surface area contributed by atoms with Crippen LogP contribution < -0.4 is 0 Å². The molecule has 4 nitrogen and oxygen atoms in total. The molecule has 1 heterocycles. The van der Waals surface area contributed by atoms with E-state index in [0.717, 1.165) is 0 Å². The van der Waals surface area contributed by atoms with Gasteiger partial charge in [0.1, 0.15) is 5.82 Å². The van der Waals surface area contributed by atoms with Gasteiger partial charge in [-0.1, -0.05) is 25.1 Å². The van der Waals surface area contributed by atoms with Crippen LogP contribution in [0.2, 0.25) is 0 Å². The molecule has 0 aliphatic carbocycles. The largest absolute Gasteiger partial charge is 0.481 e. The summed E-state index contributed by atoms with van der Waals surface area (Å²) in [4.78, 5) is 25.3. The van der Waals surface area contributed by atoms with E-state index in [1.54, 1.807) is 23.1 Å². The van der Waals surface area contributed by atoms with Crippen molar-refractivity contribution in [2.45, 2.75) is 45.1 Å². The van der Waals surface area contributed by atoms with E-state index < -0.39 is 11.9 Å². The minimum absolute atomic E-state index is 0.0379. The van der Waals surface area contributed by atoms with Gasteiger partial charge < -0.3 is 10.0 Å². The lowest BCUT2D eigenvalue weighted by molar-refractivity contribution is -0.147. The number of hydrogen-bond acceptors (Lipinski definition) is 2. The van der Waals surface area contributed by atoms with E-state index in [4.69, 9.17) is 5.11 Å². The first-order valence-electron chi connectivity index (χ1n) is 7.66. The highest BCUT2D eigenvalue weighted by molar-refractivity contribution is 5.79. The van der Waals surface area contributed by atoms with Crippen LogP contribution in [0.15, 0.2) is 24.3 Å². The fraction of sp³-hybridized carbons (Fsp3) is 0.529. The van der Waals surface area contributed by atoms with Gasteiger partial charge in [-0.2, -0.15) is 0 Å². The van der Waals surface area contributed by atoms with E-state index in [2.05, 4.69) is 0 Å². The van der Waals surface area contributed by atoms with Gasteiger partial charge in [-0.3, -0.25) is 9.59 Å². The monoisotopic (exact) mass is 307 g/mol. The maximum absolute atomic E-state index is 13.8. The Kier molecular flexibility index (Phi) is 5.16. The van der Waals surface area contributed by atoms with Gasteiger partial charge in [0.15, 0.2) is 0 Å². The molecule has 0 saturated carbocycles. The van der Waals surface area contributed by atoms with Gasteiger partial charge in [0.05, 0.1) is 5.92 Å². The zero-order valence-corrected chi connectivity index (χ0v) is 13.0. The fourth-order valence-electron chi connectivity index (χ4n) is 3.02. The van der Waals surface area contributed by atoms with Gasteiger partial charge in [0, 0.05) is 19.0 Å². The minimum Gasteiger partial charge on any atom is -0.481 e. The van der Waals surface area contributed by atoms with Gasteiger partial charge >= 0.3 is 5.97 Å². The number of carbonyl (C=O) groups excluding carboxylic acids is 1. The van der Waals surface area contributed by atoms with Crippen LogP contribution >= 0.6 is 0 Å². The van der Waals surface area contributed by atoms with Crippen molar-refractivity contribution in [3.8, 4) is 0 Å². The van der Waals surface area contributed by atoms with Crippen molar-refractivity contribution in [2.75, 3.05) is 6.54 Å². The Labute approximate surface area is 129 Å². The molecule has 120 valence electrons. The number of piperidine rings is 1. The molecule has 3 atom stereocenters. The van der Waals surface area contributed by atoms with Crippen LogP contribution in [0.4, 0.5) is 4.39 Å². The third-order valence-corrected chi connectivity index (χ3v) is 4.47. The number of carboxylic acids is 1. The first-order valence-corrected chi connectivity index (χ1v) is 7.66. The van der Waals surface area contributed by atoms with E-state index in [-0.39, 0.29) is 36.6 Å². The molecule has 1 fully saturated rings. The predicted octanol–water partition coefficient (Wildman–Crippen LogP) is 3.03. The second-order valence-electron chi connectivity index (χ2n) is 6.13. The van der Waals surface area contributed by atoms with Crippen LogP contribution in [0, 0.1) is 11.7 Å². The SMILES string of the molecule is CC(CC(=O)N1CC(C(=O)O)CCC1C)c1ccccc1F. The number of benzene rings is 1. The molecule has 0 aromatic heterocycles. The number of likely N-dealkylation sites (tertiary alicyclic amines) is 1. The quantitative estimate of drug-likeness (QED) is 0.930. The maximum atomic E-state index is 13.8. The average molecular weight is 307 g/mol. The summed E-state index contributed by atoms with van der Waals surface area (Å²) in [7, 11) is 0. The first-order chi connectivity index (χ1) is 10.4. The number of aliphatic carboxylic acids is 1. The number of carbonyl (C=O) groups is 2. The summed E-state index contributed by atoms with van der Waals surface area (Å²) in [5.41, 5.74) is 0.523. The summed E-state index contributed by atoms with van der Waals surface area (Å²) in [6, 6.07) is 6.49. The average Bonchev–Trinajstić information content (AvgIpc) is 2.47. The van der Waals surface area contributed by atoms with Crippen molar-refractivity contribution in [1.29, 1.82) is 0 Å². The molecule has 0 bridgehead atoms. The Morgan fingerprint density at radius 3 is 2.68 bits per heavy atom. The minimum atomic E-state index is -0.855. The highest BCUT2D eigenvalue weighted by atomic mass is 19.1. The highest BCUT2D eigenvalue weighted by Gasteiger charge is 2.33. The first kappa shape index (κ1) is 16.5. The van der Waals surface area contributed by atoms with Crippen molar-refractivity contribution in [3.05, 3.63) is 35.6 Å². The topological polar surface area (TPSA) is 57.6 Å². The van der Waals surface area contributed by atoms with Crippen molar-refractivity contribution in [3.63, 3.8) is 0 Å². The van der Waals surface area contributed by atoms with Crippen molar-refractivity contribution < 1.29 is 19.1 Å². The van der Waals surface area contributed by atoms with Crippen molar-refractivity contribution in [2.24, 2.45) is 5.92 Å². The van der Waals surface area contributed by atoms with Crippen LogP contribution in [0.1, 0.15) is 44.6 Å². The molecule has 0 spiro atoms. The maximum Gasteiger partial charge on any atom is 0.308 e. The molecule has 1 aromatic rings. The molecule has 0 radical (unpaired) electrons. The molecule has 1 aliphatic rings. The Morgan fingerprint density at radius 1 is 1.36 bits per heavy atom. The van der Waals surface area contributed by atoms with Gasteiger partial charge in [0.2, 0.25) is 5.91 Å². The zero-order chi connectivity index (χ0) is 16.3. The Bertz CT molecular complexity index is 561. The predicted molar refractivity (Wildman–Crippen MR) is 81.0 cm³/mol. The number of carboxylic acid groups (broad SMARTS) is 1. The van der Waals surface area contributed by atoms with Crippen LogP contribution in [0.5, 0.6) is 0 Å². The van der Waals surface area contributed by atoms with Crippen LogP contribution in [0.3, 0.4) is 0 Å². The molecular weight excluding hydrogens is 285 g/mol. The molecule has 2 rings (SSSR count). The normalized spacial score (nSPS) is 23.1. The number of amides is 1. The van der Waals surface area contributed by atoms with E-state index >= 15 is 0 Å². The van der Waals surface area contributed by atoms with Gasteiger partial charge in [0.25, 0.3) is 0 Å². The number of rotatable bonds is 4. The van der Waals surface area contributed by atoms with Gasteiger partial charge in [-0.15, -0.1) is 0 Å². The number of hydrogen-bond donors (Lipinski definition) is 1.